The number of hydrogen-bond donors (Lipinski definition) is 1. The molecule has 0 unspecified atom stereocenters. The van der Waals surface area contributed by atoms with Crippen molar-refractivity contribution in [3.8, 4) is 0 Å². The highest BCUT2D eigenvalue weighted by Gasteiger charge is 2.28. The number of carbonyl (C=O) groups excluding carboxylic acids is 1. The maximum absolute atomic E-state index is 11.9. The summed E-state index contributed by atoms with van der Waals surface area (Å²) in [6.07, 6.45) is 1.84. The SMILES string of the molecule is Cc1cc2c(c(=S)[nH]1)C(=O)O/C2=C\c1ccc(Br)cc1. The molecule has 0 saturated heterocycles. The van der Waals surface area contributed by atoms with Crippen LogP contribution >= 0.6 is 28.1 Å². The van der Waals surface area contributed by atoms with E-state index < -0.39 is 5.97 Å². The summed E-state index contributed by atoms with van der Waals surface area (Å²) in [6, 6.07) is 9.64. The topological polar surface area (TPSA) is 42.1 Å². The number of pyridine rings is 1. The minimum Gasteiger partial charge on any atom is -0.422 e. The van der Waals surface area contributed by atoms with Crippen molar-refractivity contribution in [1.29, 1.82) is 0 Å². The first-order valence-corrected chi connectivity index (χ1v) is 7.18. The highest BCUT2D eigenvalue weighted by atomic mass is 79.9. The predicted molar refractivity (Wildman–Crippen MR) is 83.8 cm³/mol. The summed E-state index contributed by atoms with van der Waals surface area (Å²) in [5, 5.41) is 0. The van der Waals surface area contributed by atoms with Crippen LogP contribution in [0, 0.1) is 11.6 Å². The van der Waals surface area contributed by atoms with E-state index in [4.69, 9.17) is 17.0 Å². The summed E-state index contributed by atoms with van der Waals surface area (Å²) in [5.74, 6) is 0.139. The van der Waals surface area contributed by atoms with Crippen LogP contribution in [0.2, 0.25) is 0 Å². The van der Waals surface area contributed by atoms with Crippen molar-refractivity contribution < 1.29 is 9.53 Å². The third kappa shape index (κ3) is 2.34. The molecule has 0 aliphatic carbocycles. The standard InChI is InChI=1S/C15H10BrNO2S/c1-8-6-11-12(7-9-2-4-10(16)5-3-9)19-15(18)13(11)14(20)17-8/h2-7H,1H3,(H,17,20)/b12-7-. The van der Waals surface area contributed by atoms with Gasteiger partial charge in [0, 0.05) is 15.7 Å². The van der Waals surface area contributed by atoms with Gasteiger partial charge < -0.3 is 9.72 Å². The first-order valence-electron chi connectivity index (χ1n) is 5.98. The van der Waals surface area contributed by atoms with Crippen LogP contribution in [0.4, 0.5) is 0 Å². The molecule has 0 amide bonds. The van der Waals surface area contributed by atoms with Crippen LogP contribution in [0.3, 0.4) is 0 Å². The van der Waals surface area contributed by atoms with Crippen molar-refractivity contribution in [2.24, 2.45) is 0 Å². The molecule has 2 heterocycles. The molecule has 0 spiro atoms. The fourth-order valence-electron chi connectivity index (χ4n) is 2.11. The molecular formula is C15H10BrNO2S. The quantitative estimate of drug-likeness (QED) is 0.610. The number of rotatable bonds is 1. The molecule has 2 aromatic rings. The van der Waals surface area contributed by atoms with E-state index in [1.807, 2.05) is 43.3 Å². The van der Waals surface area contributed by atoms with Crippen LogP contribution in [-0.4, -0.2) is 11.0 Å². The molecule has 1 N–H and O–H groups in total. The number of benzene rings is 1. The number of aromatic amines is 1. The van der Waals surface area contributed by atoms with Crippen molar-refractivity contribution in [3.63, 3.8) is 0 Å². The first-order chi connectivity index (χ1) is 9.54. The smallest absolute Gasteiger partial charge is 0.347 e. The van der Waals surface area contributed by atoms with E-state index in [1.54, 1.807) is 0 Å². The van der Waals surface area contributed by atoms with Crippen molar-refractivity contribution in [1.82, 2.24) is 4.98 Å². The Bertz CT molecular complexity index is 791. The molecule has 100 valence electrons. The average Bonchev–Trinajstić information content (AvgIpc) is 2.69. The number of fused-ring (bicyclic) bond motifs is 1. The number of esters is 1. The Balaban J connectivity index is 2.13. The number of aromatic nitrogens is 1. The number of hydrogen-bond acceptors (Lipinski definition) is 3. The summed E-state index contributed by atoms with van der Waals surface area (Å²) in [6.45, 7) is 1.90. The lowest BCUT2D eigenvalue weighted by molar-refractivity contribution is 0.0716. The Morgan fingerprint density at radius 2 is 2.00 bits per heavy atom. The second-order valence-corrected chi connectivity index (χ2v) is 5.84. The number of carbonyl (C=O) groups is 1. The van der Waals surface area contributed by atoms with Gasteiger partial charge in [-0.2, -0.15) is 0 Å². The van der Waals surface area contributed by atoms with E-state index in [1.165, 1.54) is 0 Å². The second kappa shape index (κ2) is 5.00. The number of cyclic esters (lactones) is 1. The van der Waals surface area contributed by atoms with Crippen LogP contribution in [-0.2, 0) is 4.74 Å². The second-order valence-electron chi connectivity index (χ2n) is 4.52. The van der Waals surface area contributed by atoms with E-state index in [0.717, 1.165) is 21.3 Å². The van der Waals surface area contributed by atoms with Crippen molar-refractivity contribution in [3.05, 3.63) is 61.8 Å². The molecular weight excluding hydrogens is 338 g/mol. The van der Waals surface area contributed by atoms with E-state index in [2.05, 4.69) is 20.9 Å². The lowest BCUT2D eigenvalue weighted by atomic mass is 10.1. The fraction of sp³-hybridized carbons (Fsp3) is 0.0667. The van der Waals surface area contributed by atoms with Crippen LogP contribution in [0.15, 0.2) is 34.8 Å². The summed E-state index contributed by atoms with van der Waals surface area (Å²) in [7, 11) is 0. The van der Waals surface area contributed by atoms with Crippen molar-refractivity contribution in [2.45, 2.75) is 6.92 Å². The highest BCUT2D eigenvalue weighted by Crippen LogP contribution is 2.32. The van der Waals surface area contributed by atoms with Gasteiger partial charge in [0.05, 0.1) is 0 Å². The molecule has 20 heavy (non-hydrogen) atoms. The van der Waals surface area contributed by atoms with Gasteiger partial charge in [-0.05, 0) is 36.8 Å². The van der Waals surface area contributed by atoms with Crippen molar-refractivity contribution >= 4 is 46.0 Å². The molecule has 5 heteroatoms. The molecule has 1 aliphatic rings. The molecule has 0 saturated carbocycles. The Morgan fingerprint density at radius 3 is 2.70 bits per heavy atom. The van der Waals surface area contributed by atoms with Crippen LogP contribution in [0.5, 0.6) is 0 Å². The number of halogens is 1. The normalized spacial score (nSPS) is 15.3. The van der Waals surface area contributed by atoms with Crippen LogP contribution in [0.1, 0.15) is 27.2 Å². The Morgan fingerprint density at radius 1 is 1.30 bits per heavy atom. The lowest BCUT2D eigenvalue weighted by Gasteiger charge is -2.01. The minimum absolute atomic E-state index is 0.399. The van der Waals surface area contributed by atoms with E-state index in [-0.39, 0.29) is 0 Å². The van der Waals surface area contributed by atoms with Gasteiger partial charge in [-0.1, -0.05) is 40.3 Å². The Hall–Kier alpha value is -1.72. The number of ether oxygens (including phenoxy) is 1. The predicted octanol–water partition coefficient (Wildman–Crippen LogP) is 4.48. The van der Waals surface area contributed by atoms with Gasteiger partial charge in [0.15, 0.2) is 0 Å². The summed E-state index contributed by atoms with van der Waals surface area (Å²) < 4.78 is 6.75. The van der Waals surface area contributed by atoms with E-state index in [9.17, 15) is 4.79 Å². The third-order valence-electron chi connectivity index (χ3n) is 3.01. The monoisotopic (exact) mass is 347 g/mol. The molecule has 1 aliphatic heterocycles. The molecule has 3 rings (SSSR count). The summed E-state index contributed by atoms with van der Waals surface area (Å²) in [4.78, 5) is 14.9. The van der Waals surface area contributed by atoms with Gasteiger partial charge in [-0.25, -0.2) is 4.79 Å². The summed E-state index contributed by atoms with van der Waals surface area (Å²) >= 11 is 8.58. The van der Waals surface area contributed by atoms with Gasteiger partial charge in [-0.3, -0.25) is 0 Å². The zero-order valence-electron chi connectivity index (χ0n) is 10.6. The van der Waals surface area contributed by atoms with E-state index in [0.29, 0.717) is 16.0 Å². The number of H-pyrrole nitrogens is 1. The molecule has 0 atom stereocenters. The molecule has 0 radical (unpaired) electrons. The zero-order valence-corrected chi connectivity index (χ0v) is 13.0. The molecule has 0 fully saturated rings. The number of nitrogens with one attached hydrogen (secondary N) is 1. The minimum atomic E-state index is -0.399. The third-order valence-corrected chi connectivity index (χ3v) is 3.84. The zero-order chi connectivity index (χ0) is 14.3. The van der Waals surface area contributed by atoms with Gasteiger partial charge in [-0.15, -0.1) is 0 Å². The maximum atomic E-state index is 11.9. The van der Waals surface area contributed by atoms with Gasteiger partial charge >= 0.3 is 5.97 Å². The van der Waals surface area contributed by atoms with Crippen molar-refractivity contribution in [2.75, 3.05) is 0 Å². The van der Waals surface area contributed by atoms with Gasteiger partial charge in [0.2, 0.25) is 0 Å². The van der Waals surface area contributed by atoms with Gasteiger partial charge in [0.25, 0.3) is 0 Å². The first kappa shape index (κ1) is 13.3. The number of aryl methyl sites for hydroxylation is 1. The Labute approximate surface area is 129 Å². The van der Waals surface area contributed by atoms with Crippen LogP contribution < -0.4 is 0 Å². The van der Waals surface area contributed by atoms with Crippen LogP contribution in [0.25, 0.3) is 11.8 Å². The fourth-order valence-corrected chi connectivity index (χ4v) is 2.73. The highest BCUT2D eigenvalue weighted by molar-refractivity contribution is 9.10. The molecule has 1 aromatic heterocycles. The molecule has 3 nitrogen and oxygen atoms in total. The lowest BCUT2D eigenvalue weighted by Crippen LogP contribution is -1.97. The van der Waals surface area contributed by atoms with Gasteiger partial charge in [0.1, 0.15) is 16.0 Å². The van der Waals surface area contributed by atoms with E-state index >= 15 is 0 Å². The summed E-state index contributed by atoms with van der Waals surface area (Å²) in [5.41, 5.74) is 3.04. The average molecular weight is 348 g/mol. The Kier molecular flexibility index (Phi) is 3.31. The molecule has 1 aromatic carbocycles. The largest absolute Gasteiger partial charge is 0.422 e. The molecule has 0 bridgehead atoms. The maximum Gasteiger partial charge on any atom is 0.347 e.